The first-order valence-corrected chi connectivity index (χ1v) is 14.5. The standard InChI is InChI=1S/C26H20F2N8O3S2/c1-35(2)24(37)15-5-3-14(4-6-15)20-19-17-8-7-16(41(38,39)34-26(12-29)9-10-26)11-18(17)36(22(19)31-13-30-20)25-33-32-23(40-25)21(27)28/h3-8,11,13,21,34H,9-10H2,1-2H3. The van der Waals surface area contributed by atoms with Gasteiger partial charge in [0.1, 0.15) is 11.9 Å². The van der Waals surface area contributed by atoms with Gasteiger partial charge in [-0.05, 0) is 37.1 Å². The molecule has 6 rings (SSSR count). The van der Waals surface area contributed by atoms with Crippen LogP contribution in [0.15, 0.2) is 53.7 Å². The Labute approximate surface area is 236 Å². The molecular weight excluding hydrogens is 574 g/mol. The number of carbonyl (C=O) groups excluding carboxylic acids is 1. The van der Waals surface area contributed by atoms with Crippen molar-refractivity contribution in [3.8, 4) is 22.5 Å². The molecule has 0 radical (unpaired) electrons. The van der Waals surface area contributed by atoms with E-state index >= 15 is 0 Å². The largest absolute Gasteiger partial charge is 0.345 e. The topological polar surface area (TPSA) is 147 Å². The Hall–Kier alpha value is -4.39. The van der Waals surface area contributed by atoms with Gasteiger partial charge in [-0.3, -0.25) is 9.36 Å². The highest BCUT2D eigenvalue weighted by Gasteiger charge is 2.46. The molecule has 1 saturated carbocycles. The SMILES string of the molecule is CN(C)C(=O)c1ccc(-c2ncnc3c2c2ccc(S(=O)(=O)NC4(C#N)CC4)cc2n3-c2nnc(C(F)F)s2)cc1. The zero-order valence-electron chi connectivity index (χ0n) is 21.5. The summed E-state index contributed by atoms with van der Waals surface area (Å²) in [6, 6.07) is 13.2. The second kappa shape index (κ2) is 9.61. The molecule has 5 aromatic rings. The van der Waals surface area contributed by atoms with Gasteiger partial charge in [0.15, 0.2) is 10.7 Å². The first-order valence-electron chi connectivity index (χ1n) is 12.2. The summed E-state index contributed by atoms with van der Waals surface area (Å²) in [4.78, 5) is 22.6. The maximum atomic E-state index is 13.4. The fourth-order valence-corrected chi connectivity index (χ4v) is 6.62. The summed E-state index contributed by atoms with van der Waals surface area (Å²) < 4.78 is 57.2. The van der Waals surface area contributed by atoms with E-state index in [9.17, 15) is 27.3 Å². The molecule has 1 fully saturated rings. The number of hydrogen-bond acceptors (Lipinski definition) is 9. The van der Waals surface area contributed by atoms with E-state index in [2.05, 4.69) is 24.9 Å². The van der Waals surface area contributed by atoms with Crippen molar-refractivity contribution in [2.45, 2.75) is 29.7 Å². The fraction of sp³-hybridized carbons (Fsp3) is 0.231. The zero-order valence-corrected chi connectivity index (χ0v) is 23.2. The number of benzene rings is 2. The second-order valence-electron chi connectivity index (χ2n) is 9.74. The average Bonchev–Trinajstić information content (AvgIpc) is 3.39. The molecule has 0 saturated heterocycles. The third-order valence-electron chi connectivity index (χ3n) is 6.74. The summed E-state index contributed by atoms with van der Waals surface area (Å²) >= 11 is 0.655. The van der Waals surface area contributed by atoms with Crippen molar-refractivity contribution in [2.24, 2.45) is 0 Å². The number of nitriles is 1. The van der Waals surface area contributed by atoms with Gasteiger partial charge >= 0.3 is 0 Å². The van der Waals surface area contributed by atoms with Gasteiger partial charge in [-0.15, -0.1) is 10.2 Å². The molecule has 0 atom stereocenters. The molecule has 0 unspecified atom stereocenters. The Morgan fingerprint density at radius 3 is 2.49 bits per heavy atom. The van der Waals surface area contributed by atoms with Crippen molar-refractivity contribution in [3.63, 3.8) is 0 Å². The minimum atomic E-state index is -4.10. The lowest BCUT2D eigenvalue weighted by molar-refractivity contribution is 0.0827. The first kappa shape index (κ1) is 26.8. The number of rotatable bonds is 7. The Morgan fingerprint density at radius 2 is 1.88 bits per heavy atom. The van der Waals surface area contributed by atoms with Crippen LogP contribution in [0.4, 0.5) is 8.78 Å². The van der Waals surface area contributed by atoms with E-state index in [-0.39, 0.29) is 15.9 Å². The molecule has 15 heteroatoms. The highest BCUT2D eigenvalue weighted by Crippen LogP contribution is 2.40. The van der Waals surface area contributed by atoms with Crippen LogP contribution in [0.3, 0.4) is 0 Å². The average molecular weight is 595 g/mol. The molecule has 0 bridgehead atoms. The van der Waals surface area contributed by atoms with Gasteiger partial charge in [-0.25, -0.2) is 27.2 Å². The predicted octanol–water partition coefficient (Wildman–Crippen LogP) is 4.07. The monoisotopic (exact) mass is 594 g/mol. The number of fused-ring (bicyclic) bond motifs is 3. The summed E-state index contributed by atoms with van der Waals surface area (Å²) in [5.74, 6) is -0.168. The number of aromatic nitrogens is 5. The molecule has 1 aliphatic carbocycles. The van der Waals surface area contributed by atoms with Crippen LogP contribution in [0, 0.1) is 11.3 Å². The number of sulfonamides is 1. The van der Waals surface area contributed by atoms with Crippen molar-refractivity contribution in [1.82, 2.24) is 34.4 Å². The van der Waals surface area contributed by atoms with E-state index < -0.39 is 27.0 Å². The summed E-state index contributed by atoms with van der Waals surface area (Å²) in [5.41, 5.74) is 1.10. The van der Waals surface area contributed by atoms with Crippen LogP contribution in [0.25, 0.3) is 38.3 Å². The first-order chi connectivity index (χ1) is 19.5. The van der Waals surface area contributed by atoms with Gasteiger partial charge in [0.05, 0.1) is 27.6 Å². The number of amides is 1. The maximum absolute atomic E-state index is 13.4. The number of nitrogens with zero attached hydrogens (tertiary/aromatic N) is 7. The van der Waals surface area contributed by atoms with E-state index in [0.717, 1.165) is 0 Å². The lowest BCUT2D eigenvalue weighted by atomic mass is 10.0. The molecule has 208 valence electrons. The Balaban J connectivity index is 1.58. The van der Waals surface area contributed by atoms with Crippen molar-refractivity contribution in [2.75, 3.05) is 14.1 Å². The van der Waals surface area contributed by atoms with E-state index in [1.165, 1.54) is 27.9 Å². The molecule has 1 aliphatic rings. The highest BCUT2D eigenvalue weighted by molar-refractivity contribution is 7.89. The molecule has 1 amide bonds. The van der Waals surface area contributed by atoms with Gasteiger partial charge in [0.25, 0.3) is 12.3 Å². The molecule has 3 heterocycles. The van der Waals surface area contributed by atoms with E-state index in [0.29, 0.717) is 62.9 Å². The molecular formula is C26H20F2N8O3S2. The third-order valence-corrected chi connectivity index (χ3v) is 9.19. The van der Waals surface area contributed by atoms with Crippen molar-refractivity contribution in [1.29, 1.82) is 5.26 Å². The summed E-state index contributed by atoms with van der Waals surface area (Å²) in [6.45, 7) is 0. The van der Waals surface area contributed by atoms with Crippen LogP contribution in [-0.4, -0.2) is 63.6 Å². The van der Waals surface area contributed by atoms with Crippen LogP contribution in [0.1, 0.15) is 34.6 Å². The minimum absolute atomic E-state index is 0.0649. The summed E-state index contributed by atoms with van der Waals surface area (Å²) in [6.07, 6.45) is -0.720. The summed E-state index contributed by atoms with van der Waals surface area (Å²) in [7, 11) is -0.789. The van der Waals surface area contributed by atoms with Crippen molar-refractivity contribution < 1.29 is 22.0 Å². The van der Waals surface area contributed by atoms with Gasteiger partial charge in [-0.1, -0.05) is 29.5 Å². The summed E-state index contributed by atoms with van der Waals surface area (Å²) in [5, 5.41) is 17.6. The Morgan fingerprint density at radius 1 is 1.15 bits per heavy atom. The third kappa shape index (κ3) is 4.59. The maximum Gasteiger partial charge on any atom is 0.291 e. The molecule has 0 spiro atoms. The van der Waals surface area contributed by atoms with Crippen LogP contribution in [0.2, 0.25) is 0 Å². The van der Waals surface area contributed by atoms with E-state index in [1.807, 2.05) is 6.07 Å². The zero-order chi connectivity index (χ0) is 29.1. The van der Waals surface area contributed by atoms with Crippen LogP contribution >= 0.6 is 11.3 Å². The number of hydrogen-bond donors (Lipinski definition) is 1. The quantitative estimate of drug-likeness (QED) is 0.297. The van der Waals surface area contributed by atoms with E-state index in [4.69, 9.17) is 0 Å². The molecule has 1 N–H and O–H groups in total. The molecule has 2 aromatic carbocycles. The number of halogens is 2. The highest BCUT2D eigenvalue weighted by atomic mass is 32.2. The van der Waals surface area contributed by atoms with Crippen molar-refractivity contribution in [3.05, 3.63) is 59.4 Å². The van der Waals surface area contributed by atoms with E-state index in [1.54, 1.807) is 44.4 Å². The lowest BCUT2D eigenvalue weighted by Gasteiger charge is -2.11. The molecule has 41 heavy (non-hydrogen) atoms. The second-order valence-corrected chi connectivity index (χ2v) is 12.4. The van der Waals surface area contributed by atoms with Crippen molar-refractivity contribution >= 4 is 49.2 Å². The normalized spacial score (nSPS) is 14.4. The lowest BCUT2D eigenvalue weighted by Crippen LogP contribution is -2.35. The molecule has 0 aliphatic heterocycles. The van der Waals surface area contributed by atoms with Gasteiger partial charge < -0.3 is 4.90 Å². The van der Waals surface area contributed by atoms with Crippen LogP contribution in [0.5, 0.6) is 0 Å². The molecule has 11 nitrogen and oxygen atoms in total. The smallest absolute Gasteiger partial charge is 0.291 e. The van der Waals surface area contributed by atoms with Gasteiger partial charge in [0, 0.05) is 30.6 Å². The Bertz CT molecular complexity index is 1990. The van der Waals surface area contributed by atoms with Crippen LogP contribution in [-0.2, 0) is 10.0 Å². The number of nitrogens with one attached hydrogen (secondary N) is 1. The minimum Gasteiger partial charge on any atom is -0.345 e. The van der Waals surface area contributed by atoms with Crippen LogP contribution < -0.4 is 4.72 Å². The van der Waals surface area contributed by atoms with Gasteiger partial charge in [-0.2, -0.15) is 9.98 Å². The predicted molar refractivity (Wildman–Crippen MR) is 146 cm³/mol. The number of alkyl halides is 2. The van der Waals surface area contributed by atoms with Gasteiger partial charge in [0.2, 0.25) is 15.2 Å². The Kier molecular flexibility index (Phi) is 6.29. The fourth-order valence-electron chi connectivity index (χ4n) is 4.51. The number of carbonyl (C=O) groups is 1. The molecule has 3 aromatic heterocycles.